The number of hydrogen-bond acceptors (Lipinski definition) is 7. The highest BCUT2D eigenvalue weighted by atomic mass is 16.6. The summed E-state index contributed by atoms with van der Waals surface area (Å²) < 4.78 is 11.3. The molecule has 8 heteroatoms. The van der Waals surface area contributed by atoms with E-state index in [1.54, 1.807) is 24.2 Å². The smallest absolute Gasteiger partial charge is 0.306 e. The predicted octanol–water partition coefficient (Wildman–Crippen LogP) is 1.92. The lowest BCUT2D eigenvalue weighted by molar-refractivity contribution is -0.155. The van der Waals surface area contributed by atoms with Gasteiger partial charge in [0.25, 0.3) is 0 Å². The first-order valence-corrected chi connectivity index (χ1v) is 8.57. The summed E-state index contributed by atoms with van der Waals surface area (Å²) >= 11 is 0. The van der Waals surface area contributed by atoms with Crippen LogP contribution in [0.25, 0.3) is 0 Å². The van der Waals surface area contributed by atoms with E-state index in [0.29, 0.717) is 30.8 Å². The van der Waals surface area contributed by atoms with Gasteiger partial charge in [-0.25, -0.2) is 4.99 Å². The third-order valence-electron chi connectivity index (χ3n) is 4.05. The Morgan fingerprint density at radius 3 is 3.12 bits per heavy atom. The van der Waals surface area contributed by atoms with E-state index in [4.69, 9.17) is 9.47 Å². The van der Waals surface area contributed by atoms with Crippen molar-refractivity contribution in [3.63, 3.8) is 0 Å². The van der Waals surface area contributed by atoms with Crippen LogP contribution in [-0.4, -0.2) is 48.6 Å². The number of esters is 1. The van der Waals surface area contributed by atoms with Crippen LogP contribution in [0.1, 0.15) is 33.1 Å². The molecule has 0 spiro atoms. The standard InChI is InChI=1S/C18H25N5O3/c1-5-6-14-17(20-4)21-12-22-23(14)15-7-8-18(10-19,26-15)11-25-16(24)9-13(2)3/h5-6,12-13,15H,1,7-9,11H2,2-4H3,(H,20,21,22)/b14-6-/t15-,18?/m1/s1. The number of carbonyl (C=O) groups excluding carboxylic acids is 1. The molecule has 1 saturated heterocycles. The second kappa shape index (κ2) is 8.63. The highest BCUT2D eigenvalue weighted by Gasteiger charge is 2.45. The number of aliphatic imine (C=N–C) groups is 2. The van der Waals surface area contributed by atoms with Crippen LogP contribution in [0, 0.1) is 17.2 Å². The molecule has 1 fully saturated rings. The van der Waals surface area contributed by atoms with E-state index in [9.17, 15) is 10.1 Å². The molecular formula is C18H25N5O3. The Balaban J connectivity index is 2.08. The van der Waals surface area contributed by atoms with Gasteiger partial charge in [-0.2, -0.15) is 5.26 Å². The molecule has 0 aromatic heterocycles. The Hall–Kier alpha value is -2.66. The molecule has 2 aliphatic heterocycles. The van der Waals surface area contributed by atoms with Gasteiger partial charge in [0.15, 0.2) is 17.7 Å². The first kappa shape index (κ1) is 19.7. The van der Waals surface area contributed by atoms with Crippen molar-refractivity contribution in [2.75, 3.05) is 13.7 Å². The van der Waals surface area contributed by atoms with Gasteiger partial charge in [-0.1, -0.05) is 26.5 Å². The van der Waals surface area contributed by atoms with Crippen molar-refractivity contribution in [3.05, 3.63) is 24.4 Å². The van der Waals surface area contributed by atoms with E-state index in [-0.39, 0.29) is 18.5 Å². The molecule has 0 aliphatic carbocycles. The van der Waals surface area contributed by atoms with Crippen LogP contribution < -0.4 is 5.43 Å². The molecule has 0 aromatic rings. The van der Waals surface area contributed by atoms with Crippen molar-refractivity contribution >= 4 is 18.1 Å². The summed E-state index contributed by atoms with van der Waals surface area (Å²) in [5, 5.41) is 11.4. The van der Waals surface area contributed by atoms with E-state index >= 15 is 0 Å². The Morgan fingerprint density at radius 2 is 2.50 bits per heavy atom. The van der Waals surface area contributed by atoms with Gasteiger partial charge in [-0.15, -0.1) is 0 Å². The minimum absolute atomic E-state index is 0.0806. The maximum atomic E-state index is 11.8. The molecule has 0 bridgehead atoms. The van der Waals surface area contributed by atoms with Crippen molar-refractivity contribution in [2.24, 2.45) is 15.9 Å². The van der Waals surface area contributed by atoms with Crippen LogP contribution in [0.4, 0.5) is 0 Å². The van der Waals surface area contributed by atoms with Crippen LogP contribution in [0.3, 0.4) is 0 Å². The number of hydrogen-bond donors (Lipinski definition) is 1. The average molecular weight is 359 g/mol. The van der Waals surface area contributed by atoms with Gasteiger partial charge in [0.05, 0.1) is 0 Å². The largest absolute Gasteiger partial charge is 0.461 e. The van der Waals surface area contributed by atoms with Gasteiger partial charge < -0.3 is 9.47 Å². The second-order valence-corrected chi connectivity index (χ2v) is 6.57. The fraction of sp³-hybridized carbons (Fsp3) is 0.556. The van der Waals surface area contributed by atoms with Gasteiger partial charge in [0.2, 0.25) is 0 Å². The number of amidine groups is 1. The summed E-state index contributed by atoms with van der Waals surface area (Å²) in [7, 11) is 1.65. The lowest BCUT2D eigenvalue weighted by atomic mass is 10.0. The van der Waals surface area contributed by atoms with Gasteiger partial charge in [0.1, 0.15) is 24.7 Å². The van der Waals surface area contributed by atoms with Crippen LogP contribution in [0.5, 0.6) is 0 Å². The molecule has 0 radical (unpaired) electrons. The molecular weight excluding hydrogens is 334 g/mol. The number of rotatable bonds is 6. The maximum absolute atomic E-state index is 11.8. The average Bonchev–Trinajstić information content (AvgIpc) is 3.05. The van der Waals surface area contributed by atoms with Crippen molar-refractivity contribution in [2.45, 2.75) is 44.9 Å². The van der Waals surface area contributed by atoms with Crippen molar-refractivity contribution in [1.82, 2.24) is 10.4 Å². The maximum Gasteiger partial charge on any atom is 0.306 e. The number of ether oxygens (including phenoxy) is 2. The molecule has 2 atom stereocenters. The van der Waals surface area contributed by atoms with E-state index in [2.05, 4.69) is 28.1 Å². The first-order chi connectivity index (χ1) is 12.4. The zero-order valence-electron chi connectivity index (χ0n) is 15.4. The Labute approximate surface area is 153 Å². The lowest BCUT2D eigenvalue weighted by Gasteiger charge is -2.34. The van der Waals surface area contributed by atoms with Gasteiger partial charge in [-0.3, -0.25) is 20.2 Å². The summed E-state index contributed by atoms with van der Waals surface area (Å²) in [4.78, 5) is 20.1. The molecule has 0 aromatic carbocycles. The fourth-order valence-corrected chi connectivity index (χ4v) is 2.80. The number of nitrogens with zero attached hydrogens (tertiary/aromatic N) is 4. The molecule has 0 saturated carbocycles. The minimum atomic E-state index is -1.16. The summed E-state index contributed by atoms with van der Waals surface area (Å²) in [6.45, 7) is 7.51. The Bertz CT molecular complexity index is 677. The van der Waals surface area contributed by atoms with Crippen LogP contribution in [0.2, 0.25) is 0 Å². The van der Waals surface area contributed by atoms with Gasteiger partial charge in [-0.05, 0) is 24.8 Å². The number of hydrazine groups is 1. The zero-order valence-corrected chi connectivity index (χ0v) is 15.4. The summed E-state index contributed by atoms with van der Waals surface area (Å²) in [6, 6.07) is 2.17. The quantitative estimate of drug-likeness (QED) is 0.728. The van der Waals surface area contributed by atoms with Crippen molar-refractivity contribution < 1.29 is 14.3 Å². The highest BCUT2D eigenvalue weighted by molar-refractivity contribution is 6.03. The van der Waals surface area contributed by atoms with E-state index < -0.39 is 11.8 Å². The van der Waals surface area contributed by atoms with E-state index in [0.717, 1.165) is 0 Å². The lowest BCUT2D eigenvalue weighted by Crippen LogP contribution is -2.50. The normalized spacial score (nSPS) is 28.3. The fourth-order valence-electron chi connectivity index (χ4n) is 2.80. The third-order valence-corrected chi connectivity index (χ3v) is 4.05. The van der Waals surface area contributed by atoms with Crippen LogP contribution in [-0.2, 0) is 14.3 Å². The number of nitrogens with one attached hydrogen (secondary N) is 1. The topological polar surface area (TPSA) is 99.3 Å². The molecule has 8 nitrogen and oxygen atoms in total. The SMILES string of the molecule is C=C/C=C1/C(=NC)N=CNN1[C@H]1CCC(C#N)(COC(=O)CC(C)C)O1. The Kier molecular flexibility index (Phi) is 6.52. The third kappa shape index (κ3) is 4.49. The van der Waals surface area contributed by atoms with E-state index in [1.165, 1.54) is 6.34 Å². The van der Waals surface area contributed by atoms with Crippen molar-refractivity contribution in [3.8, 4) is 6.07 Å². The molecule has 0 amide bonds. The molecule has 1 N–H and O–H groups in total. The van der Waals surface area contributed by atoms with Gasteiger partial charge in [0, 0.05) is 13.5 Å². The second-order valence-electron chi connectivity index (χ2n) is 6.57. The molecule has 2 heterocycles. The molecule has 26 heavy (non-hydrogen) atoms. The number of nitriles is 1. The minimum Gasteiger partial charge on any atom is -0.461 e. The highest BCUT2D eigenvalue weighted by Crippen LogP contribution is 2.33. The first-order valence-electron chi connectivity index (χ1n) is 8.57. The van der Waals surface area contributed by atoms with Crippen molar-refractivity contribution in [1.29, 1.82) is 5.26 Å². The summed E-state index contributed by atoms with van der Waals surface area (Å²) in [5.41, 5.74) is 2.55. The van der Waals surface area contributed by atoms with Gasteiger partial charge >= 0.3 is 5.97 Å². The molecule has 1 unspecified atom stereocenters. The van der Waals surface area contributed by atoms with Crippen LogP contribution in [0.15, 0.2) is 34.4 Å². The summed E-state index contributed by atoms with van der Waals surface area (Å²) in [5.74, 6) is 0.413. The zero-order chi connectivity index (χ0) is 19.2. The Morgan fingerprint density at radius 1 is 1.73 bits per heavy atom. The number of carbonyl (C=O) groups is 1. The molecule has 2 aliphatic rings. The molecule has 2 rings (SSSR count). The predicted molar refractivity (Wildman–Crippen MR) is 98.0 cm³/mol. The van der Waals surface area contributed by atoms with Crippen LogP contribution >= 0.6 is 0 Å². The monoisotopic (exact) mass is 359 g/mol. The van der Waals surface area contributed by atoms with E-state index in [1.807, 2.05) is 13.8 Å². The number of allylic oxidation sites excluding steroid dienone is 2. The molecule has 140 valence electrons. The summed E-state index contributed by atoms with van der Waals surface area (Å²) in [6.07, 6.45) is 5.85.